The third-order valence-corrected chi connectivity index (χ3v) is 12.2. The van der Waals surface area contributed by atoms with Gasteiger partial charge in [-0.15, -0.1) is 0 Å². The summed E-state index contributed by atoms with van der Waals surface area (Å²) in [7, 11) is 0. The molecule has 0 fully saturated rings. The quantitative estimate of drug-likeness (QED) is 0.169. The molecule has 0 bridgehead atoms. The van der Waals surface area contributed by atoms with Crippen LogP contribution in [0.15, 0.2) is 217 Å². The lowest BCUT2D eigenvalue weighted by molar-refractivity contribution is 0.665. The van der Waals surface area contributed by atoms with E-state index in [9.17, 15) is 0 Å². The summed E-state index contributed by atoms with van der Waals surface area (Å²) >= 11 is 0. The molecule has 0 atom stereocenters. The predicted octanol–water partition coefficient (Wildman–Crippen LogP) is 14.0. The Hall–Kier alpha value is -7.95. The van der Waals surface area contributed by atoms with E-state index in [1.54, 1.807) is 0 Å². The molecule has 4 nitrogen and oxygen atoms in total. The fourth-order valence-corrected chi connectivity index (χ4v) is 9.40. The Labute approximate surface area is 347 Å². The monoisotopic (exact) mass is 765 g/mol. The van der Waals surface area contributed by atoms with Crippen LogP contribution in [-0.2, 0) is 5.41 Å². The van der Waals surface area contributed by atoms with Crippen LogP contribution in [0, 0.1) is 0 Å². The molecule has 2 heterocycles. The van der Waals surface area contributed by atoms with Gasteiger partial charge in [-0.2, -0.15) is 0 Å². The normalized spacial score (nSPS) is 12.8. The summed E-state index contributed by atoms with van der Waals surface area (Å²) in [6, 6.07) is 75.2. The van der Waals surface area contributed by atoms with Crippen LogP contribution in [-0.4, -0.2) is 15.0 Å². The molecule has 0 N–H and O–H groups in total. The van der Waals surface area contributed by atoms with Gasteiger partial charge in [0.2, 0.25) is 0 Å². The zero-order valence-corrected chi connectivity index (χ0v) is 32.5. The maximum Gasteiger partial charge on any atom is 0.164 e. The molecule has 0 spiro atoms. The minimum atomic E-state index is -0.477. The van der Waals surface area contributed by atoms with Gasteiger partial charge in [0.25, 0.3) is 0 Å². The summed E-state index contributed by atoms with van der Waals surface area (Å²) in [6.45, 7) is 0. The zero-order valence-electron chi connectivity index (χ0n) is 32.5. The van der Waals surface area contributed by atoms with Crippen molar-refractivity contribution in [3.05, 3.63) is 235 Å². The van der Waals surface area contributed by atoms with Crippen LogP contribution in [0.4, 0.5) is 0 Å². The van der Waals surface area contributed by atoms with E-state index in [0.29, 0.717) is 17.5 Å². The number of furan rings is 1. The third-order valence-electron chi connectivity index (χ3n) is 12.2. The smallest absolute Gasteiger partial charge is 0.164 e. The van der Waals surface area contributed by atoms with Gasteiger partial charge in [0.1, 0.15) is 11.2 Å². The van der Waals surface area contributed by atoms with E-state index in [1.165, 1.54) is 33.4 Å². The number of aromatic nitrogens is 3. The van der Waals surface area contributed by atoms with E-state index >= 15 is 0 Å². The van der Waals surface area contributed by atoms with Crippen molar-refractivity contribution < 1.29 is 4.42 Å². The molecule has 0 amide bonds. The van der Waals surface area contributed by atoms with Crippen LogP contribution in [0.1, 0.15) is 22.3 Å². The van der Waals surface area contributed by atoms with E-state index < -0.39 is 5.41 Å². The van der Waals surface area contributed by atoms with Crippen LogP contribution >= 0.6 is 0 Å². The molecule has 60 heavy (non-hydrogen) atoms. The van der Waals surface area contributed by atoms with E-state index in [0.717, 1.165) is 60.5 Å². The van der Waals surface area contributed by atoms with Gasteiger partial charge >= 0.3 is 0 Å². The Balaban J connectivity index is 0.929. The Bertz CT molecular complexity index is 3330. The number of fused-ring (bicyclic) bond motifs is 7. The lowest BCUT2D eigenvalue weighted by atomic mass is 9.67. The lowest BCUT2D eigenvalue weighted by Gasteiger charge is -2.33. The molecule has 2 aromatic heterocycles. The first-order valence-electron chi connectivity index (χ1n) is 20.3. The van der Waals surface area contributed by atoms with Gasteiger partial charge in [-0.1, -0.05) is 182 Å². The maximum absolute atomic E-state index is 6.68. The molecule has 1 aliphatic rings. The summed E-state index contributed by atoms with van der Waals surface area (Å²) in [5, 5.41) is 4.46. The Kier molecular flexibility index (Phi) is 7.72. The zero-order chi connectivity index (χ0) is 39.6. The van der Waals surface area contributed by atoms with Gasteiger partial charge in [0.15, 0.2) is 17.5 Å². The van der Waals surface area contributed by atoms with Crippen molar-refractivity contribution >= 4 is 32.7 Å². The van der Waals surface area contributed by atoms with Gasteiger partial charge in [0, 0.05) is 27.5 Å². The third kappa shape index (κ3) is 5.35. The Morgan fingerprint density at radius 3 is 1.45 bits per heavy atom. The SMILES string of the molecule is c1ccc(-c2nc(-c3ccccc3)nc(-c3ccc4cc(-c5ccc6oc7cc(C8(c9ccccc9)c9ccccc9-c9ccccc98)ccc7c6c5)ccc4c3)n2)cc1. The molecule has 0 unspecified atom stereocenters. The second-order valence-corrected chi connectivity index (χ2v) is 15.5. The molecular weight excluding hydrogens is 731 g/mol. The van der Waals surface area contributed by atoms with Crippen molar-refractivity contribution in [2.24, 2.45) is 0 Å². The van der Waals surface area contributed by atoms with Crippen molar-refractivity contribution in [2.45, 2.75) is 5.41 Å². The molecule has 0 aliphatic heterocycles. The lowest BCUT2D eigenvalue weighted by Crippen LogP contribution is -2.28. The van der Waals surface area contributed by atoms with Crippen molar-refractivity contribution in [1.29, 1.82) is 0 Å². The van der Waals surface area contributed by atoms with Gasteiger partial charge in [-0.25, -0.2) is 15.0 Å². The number of hydrogen-bond donors (Lipinski definition) is 0. The van der Waals surface area contributed by atoms with Crippen molar-refractivity contribution in [3.63, 3.8) is 0 Å². The molecule has 4 heteroatoms. The summed E-state index contributed by atoms with van der Waals surface area (Å²) in [5.74, 6) is 1.95. The highest BCUT2D eigenvalue weighted by Crippen LogP contribution is 2.56. The van der Waals surface area contributed by atoms with Gasteiger partial charge in [-0.3, -0.25) is 0 Å². The van der Waals surface area contributed by atoms with Gasteiger partial charge in [-0.05, 0) is 85.6 Å². The summed E-state index contributed by atoms with van der Waals surface area (Å²) in [5.41, 5.74) is 14.0. The highest BCUT2D eigenvalue weighted by atomic mass is 16.3. The van der Waals surface area contributed by atoms with Crippen molar-refractivity contribution in [3.8, 4) is 56.4 Å². The Morgan fingerprint density at radius 2 is 0.817 bits per heavy atom. The molecule has 0 saturated carbocycles. The number of rotatable bonds is 6. The second-order valence-electron chi connectivity index (χ2n) is 15.5. The first-order chi connectivity index (χ1) is 29.7. The molecule has 1 aliphatic carbocycles. The topological polar surface area (TPSA) is 51.8 Å². The molecule has 280 valence electrons. The van der Waals surface area contributed by atoms with E-state index in [-0.39, 0.29) is 0 Å². The first-order valence-corrected chi connectivity index (χ1v) is 20.3. The number of hydrogen-bond acceptors (Lipinski definition) is 4. The predicted molar refractivity (Wildman–Crippen MR) is 244 cm³/mol. The summed E-state index contributed by atoms with van der Waals surface area (Å²) < 4.78 is 6.68. The average Bonchev–Trinajstić information content (AvgIpc) is 3.85. The molecular formula is C56H35N3O. The van der Waals surface area contributed by atoms with Crippen LogP contribution in [0.5, 0.6) is 0 Å². The fraction of sp³-hybridized carbons (Fsp3) is 0.0179. The van der Waals surface area contributed by atoms with Crippen molar-refractivity contribution in [1.82, 2.24) is 15.0 Å². The van der Waals surface area contributed by atoms with Crippen LogP contribution in [0.3, 0.4) is 0 Å². The second kappa shape index (κ2) is 13.6. The highest BCUT2D eigenvalue weighted by molar-refractivity contribution is 6.07. The summed E-state index contributed by atoms with van der Waals surface area (Å²) in [4.78, 5) is 14.8. The van der Waals surface area contributed by atoms with E-state index in [1.807, 2.05) is 60.7 Å². The number of nitrogens with zero attached hydrogens (tertiary/aromatic N) is 3. The Morgan fingerprint density at radius 1 is 0.317 bits per heavy atom. The van der Waals surface area contributed by atoms with Gasteiger partial charge in [0.05, 0.1) is 5.41 Å². The molecule has 0 saturated heterocycles. The number of benzene rings is 9. The molecule has 9 aromatic carbocycles. The van der Waals surface area contributed by atoms with E-state index in [2.05, 4.69) is 152 Å². The minimum absolute atomic E-state index is 0.477. The molecule has 12 rings (SSSR count). The highest BCUT2D eigenvalue weighted by Gasteiger charge is 2.46. The largest absolute Gasteiger partial charge is 0.456 e. The van der Waals surface area contributed by atoms with Crippen LogP contribution in [0.25, 0.3) is 89.1 Å². The summed E-state index contributed by atoms with van der Waals surface area (Å²) in [6.07, 6.45) is 0. The first kappa shape index (κ1) is 34.1. The fourth-order valence-electron chi connectivity index (χ4n) is 9.40. The van der Waals surface area contributed by atoms with Crippen molar-refractivity contribution in [2.75, 3.05) is 0 Å². The molecule has 11 aromatic rings. The van der Waals surface area contributed by atoms with Gasteiger partial charge < -0.3 is 4.42 Å². The van der Waals surface area contributed by atoms with E-state index in [4.69, 9.17) is 19.4 Å². The van der Waals surface area contributed by atoms with Crippen LogP contribution < -0.4 is 0 Å². The minimum Gasteiger partial charge on any atom is -0.456 e. The molecule has 0 radical (unpaired) electrons. The standard InChI is InChI=1S/C56H35N3O/c1-4-14-36(15-5-1)53-57-54(37-16-6-2-7-17-37)59-55(58-53)42-27-26-38-32-39(24-25-40(38)33-42)41-28-31-51-48(34-41)47-30-29-44(35-52(47)60-51)56(43-18-8-3-9-19-43)49-22-12-10-20-45(49)46-21-11-13-23-50(46)56/h1-35H. The van der Waals surface area contributed by atoms with Crippen LogP contribution in [0.2, 0.25) is 0 Å². The maximum atomic E-state index is 6.68. The average molecular weight is 766 g/mol.